The highest BCUT2D eigenvalue weighted by atomic mass is 16.4. The first-order valence-electron chi connectivity index (χ1n) is 5.27. The lowest BCUT2D eigenvalue weighted by molar-refractivity contribution is 0.0698. The van der Waals surface area contributed by atoms with Crippen LogP contribution in [-0.2, 0) is 0 Å². The van der Waals surface area contributed by atoms with Gasteiger partial charge in [0.15, 0.2) is 0 Å². The number of aromatic nitrogens is 2. The number of benzene rings is 1. The van der Waals surface area contributed by atoms with Crippen LogP contribution in [0.2, 0.25) is 0 Å². The molecule has 0 saturated carbocycles. The van der Waals surface area contributed by atoms with Crippen LogP contribution >= 0.6 is 0 Å². The summed E-state index contributed by atoms with van der Waals surface area (Å²) in [5.41, 5.74) is -0.310. The Morgan fingerprint density at radius 2 is 1.89 bits per heavy atom. The van der Waals surface area contributed by atoms with Crippen molar-refractivity contribution in [1.29, 1.82) is 0 Å². The van der Waals surface area contributed by atoms with Crippen LogP contribution in [0.4, 0.5) is 5.69 Å². The molecule has 1 heterocycles. The van der Waals surface area contributed by atoms with Crippen LogP contribution < -0.4 is 10.9 Å². The maximum absolute atomic E-state index is 11.8. The summed E-state index contributed by atoms with van der Waals surface area (Å²) >= 11 is 0. The van der Waals surface area contributed by atoms with Crippen molar-refractivity contribution in [3.63, 3.8) is 0 Å². The number of amides is 1. The highest BCUT2D eigenvalue weighted by Crippen LogP contribution is 2.15. The fraction of sp³-hybridized carbons (Fsp3) is 0. The van der Waals surface area contributed by atoms with E-state index in [1.807, 2.05) is 0 Å². The summed E-state index contributed by atoms with van der Waals surface area (Å²) in [5.74, 6) is -1.75. The number of rotatable bonds is 3. The molecule has 0 radical (unpaired) electrons. The van der Waals surface area contributed by atoms with Gasteiger partial charge in [0.25, 0.3) is 11.5 Å². The van der Waals surface area contributed by atoms with Crippen molar-refractivity contribution in [1.82, 2.24) is 10.2 Å². The second-order valence-corrected chi connectivity index (χ2v) is 3.61. The minimum atomic E-state index is -1.15. The summed E-state index contributed by atoms with van der Waals surface area (Å²) in [4.78, 5) is 33.6. The number of hydrogen-bond donors (Lipinski definition) is 3. The molecule has 0 spiro atoms. The van der Waals surface area contributed by atoms with E-state index >= 15 is 0 Å². The van der Waals surface area contributed by atoms with Gasteiger partial charge in [-0.3, -0.25) is 9.59 Å². The minimum Gasteiger partial charge on any atom is -0.478 e. The molecule has 1 aromatic heterocycles. The third-order valence-electron chi connectivity index (χ3n) is 2.32. The molecule has 0 atom stereocenters. The summed E-state index contributed by atoms with van der Waals surface area (Å²) in [6.07, 6.45) is 0. The zero-order valence-electron chi connectivity index (χ0n) is 9.58. The third kappa shape index (κ3) is 2.83. The maximum atomic E-state index is 11.8. The average Bonchev–Trinajstić information content (AvgIpc) is 2.39. The predicted octanol–water partition coefficient (Wildman–Crippen LogP) is 0.720. The van der Waals surface area contributed by atoms with E-state index in [1.54, 1.807) is 12.1 Å². The van der Waals surface area contributed by atoms with Crippen molar-refractivity contribution in [2.75, 3.05) is 5.32 Å². The van der Waals surface area contributed by atoms with Gasteiger partial charge in [0.05, 0.1) is 11.3 Å². The number of anilines is 1. The lowest BCUT2D eigenvalue weighted by atomic mass is 10.2. The van der Waals surface area contributed by atoms with Gasteiger partial charge in [0, 0.05) is 6.07 Å². The Hall–Kier alpha value is -2.96. The molecular formula is C12H9N3O4. The molecule has 2 rings (SSSR count). The van der Waals surface area contributed by atoms with Gasteiger partial charge in [-0.05, 0) is 18.2 Å². The molecule has 0 fully saturated rings. The molecule has 7 nitrogen and oxygen atoms in total. The Kier molecular flexibility index (Phi) is 3.37. The van der Waals surface area contributed by atoms with Crippen molar-refractivity contribution >= 4 is 17.6 Å². The van der Waals surface area contributed by atoms with Gasteiger partial charge < -0.3 is 10.4 Å². The fourth-order valence-electron chi connectivity index (χ4n) is 1.44. The quantitative estimate of drug-likeness (QED) is 0.751. The molecule has 1 amide bonds. The smallest absolute Gasteiger partial charge is 0.337 e. The molecule has 96 valence electrons. The van der Waals surface area contributed by atoms with Crippen LogP contribution in [0.3, 0.4) is 0 Å². The highest BCUT2D eigenvalue weighted by molar-refractivity contribution is 6.06. The van der Waals surface area contributed by atoms with Crippen LogP contribution in [0.5, 0.6) is 0 Å². The highest BCUT2D eigenvalue weighted by Gasteiger charge is 2.13. The normalized spacial score (nSPS) is 9.89. The van der Waals surface area contributed by atoms with E-state index in [0.717, 1.165) is 6.07 Å². The number of carboxylic acid groups (broad SMARTS) is 1. The van der Waals surface area contributed by atoms with Crippen LogP contribution in [0.15, 0.2) is 41.2 Å². The molecule has 7 heteroatoms. The Morgan fingerprint density at radius 1 is 1.16 bits per heavy atom. The van der Waals surface area contributed by atoms with Gasteiger partial charge in [0.2, 0.25) is 0 Å². The van der Waals surface area contributed by atoms with Crippen molar-refractivity contribution in [2.45, 2.75) is 0 Å². The number of hydrogen-bond acceptors (Lipinski definition) is 4. The van der Waals surface area contributed by atoms with E-state index in [0.29, 0.717) is 0 Å². The number of para-hydroxylation sites is 1. The SMILES string of the molecule is O=C(Nc1ccccc1C(=O)O)c1ccc(=O)[nH]n1. The lowest BCUT2D eigenvalue weighted by Crippen LogP contribution is -2.18. The van der Waals surface area contributed by atoms with E-state index < -0.39 is 17.4 Å². The molecule has 0 aliphatic rings. The van der Waals surface area contributed by atoms with Gasteiger partial charge in [-0.2, -0.15) is 5.10 Å². The molecule has 0 unspecified atom stereocenters. The van der Waals surface area contributed by atoms with Gasteiger partial charge in [-0.1, -0.05) is 12.1 Å². The fourth-order valence-corrected chi connectivity index (χ4v) is 1.44. The molecule has 0 aliphatic carbocycles. The number of nitrogens with zero attached hydrogens (tertiary/aromatic N) is 1. The number of aromatic amines is 1. The Bertz CT molecular complexity index is 673. The molecule has 19 heavy (non-hydrogen) atoms. The first-order valence-corrected chi connectivity index (χ1v) is 5.27. The average molecular weight is 259 g/mol. The van der Waals surface area contributed by atoms with Crippen LogP contribution in [-0.4, -0.2) is 27.2 Å². The zero-order chi connectivity index (χ0) is 13.8. The van der Waals surface area contributed by atoms with E-state index in [-0.39, 0.29) is 16.9 Å². The van der Waals surface area contributed by atoms with E-state index in [9.17, 15) is 14.4 Å². The molecule has 1 aromatic carbocycles. The summed E-state index contributed by atoms with van der Waals surface area (Å²) in [5, 5.41) is 17.1. The number of aromatic carboxylic acids is 1. The van der Waals surface area contributed by atoms with E-state index in [1.165, 1.54) is 18.2 Å². The minimum absolute atomic E-state index is 0.0141. The van der Waals surface area contributed by atoms with Crippen LogP contribution in [0, 0.1) is 0 Å². The topological polar surface area (TPSA) is 112 Å². The van der Waals surface area contributed by atoms with Gasteiger partial charge in [-0.25, -0.2) is 9.89 Å². The molecule has 0 aliphatic heterocycles. The zero-order valence-corrected chi connectivity index (χ0v) is 9.58. The Balaban J connectivity index is 2.26. The monoisotopic (exact) mass is 259 g/mol. The first kappa shape index (κ1) is 12.5. The summed E-state index contributed by atoms with van der Waals surface area (Å²) in [6.45, 7) is 0. The Morgan fingerprint density at radius 3 is 2.53 bits per heavy atom. The Labute approximate surface area is 106 Å². The summed E-state index contributed by atoms with van der Waals surface area (Å²) < 4.78 is 0. The van der Waals surface area contributed by atoms with Crippen molar-refractivity contribution < 1.29 is 14.7 Å². The van der Waals surface area contributed by atoms with Gasteiger partial charge in [-0.15, -0.1) is 0 Å². The molecular weight excluding hydrogens is 250 g/mol. The number of carboxylic acids is 1. The van der Waals surface area contributed by atoms with E-state index in [2.05, 4.69) is 15.5 Å². The second kappa shape index (κ2) is 5.13. The van der Waals surface area contributed by atoms with Gasteiger partial charge in [0.1, 0.15) is 5.69 Å². The van der Waals surface area contributed by atoms with Crippen molar-refractivity contribution in [3.8, 4) is 0 Å². The van der Waals surface area contributed by atoms with Crippen molar-refractivity contribution in [3.05, 3.63) is 58.0 Å². The molecule has 0 bridgehead atoms. The standard InChI is InChI=1S/C12H9N3O4/c16-10-6-5-9(14-15-10)11(17)13-8-4-2-1-3-7(8)12(18)19/h1-6H,(H,13,17)(H,15,16)(H,18,19). The van der Waals surface area contributed by atoms with Crippen LogP contribution in [0.1, 0.15) is 20.8 Å². The maximum Gasteiger partial charge on any atom is 0.337 e. The van der Waals surface area contributed by atoms with Crippen LogP contribution in [0.25, 0.3) is 0 Å². The number of carbonyl (C=O) groups excluding carboxylic acids is 1. The third-order valence-corrected chi connectivity index (χ3v) is 2.32. The van der Waals surface area contributed by atoms with E-state index in [4.69, 9.17) is 5.11 Å². The number of carbonyl (C=O) groups is 2. The summed E-state index contributed by atoms with van der Waals surface area (Å²) in [6, 6.07) is 8.40. The molecule has 3 N–H and O–H groups in total. The second-order valence-electron chi connectivity index (χ2n) is 3.61. The lowest BCUT2D eigenvalue weighted by Gasteiger charge is -2.07. The first-order chi connectivity index (χ1) is 9.08. The number of nitrogens with one attached hydrogen (secondary N) is 2. The number of H-pyrrole nitrogens is 1. The molecule has 0 saturated heterocycles. The van der Waals surface area contributed by atoms with Crippen molar-refractivity contribution in [2.24, 2.45) is 0 Å². The molecule has 2 aromatic rings. The van der Waals surface area contributed by atoms with Gasteiger partial charge >= 0.3 is 5.97 Å². The summed E-state index contributed by atoms with van der Waals surface area (Å²) in [7, 11) is 0. The largest absolute Gasteiger partial charge is 0.478 e. The predicted molar refractivity (Wildman–Crippen MR) is 66.2 cm³/mol.